The van der Waals surface area contributed by atoms with Crippen LogP contribution in [0.3, 0.4) is 0 Å². The van der Waals surface area contributed by atoms with Gasteiger partial charge in [0.05, 0.1) is 20.8 Å². The number of methoxy groups -OCH3 is 2. The Labute approximate surface area is 146 Å². The Morgan fingerprint density at radius 1 is 0.960 bits per heavy atom. The van der Waals surface area contributed by atoms with E-state index in [2.05, 4.69) is 27.6 Å². The molecule has 0 aliphatic heterocycles. The van der Waals surface area contributed by atoms with E-state index in [4.69, 9.17) is 13.9 Å². The van der Waals surface area contributed by atoms with E-state index in [0.29, 0.717) is 18.3 Å². The summed E-state index contributed by atoms with van der Waals surface area (Å²) in [4.78, 5) is 0. The average molecular weight is 339 g/mol. The maximum Gasteiger partial charge on any atom is 0.247 e. The van der Waals surface area contributed by atoms with Crippen molar-refractivity contribution in [1.29, 1.82) is 0 Å². The zero-order valence-corrected chi connectivity index (χ0v) is 14.4. The second kappa shape index (κ2) is 8.30. The summed E-state index contributed by atoms with van der Waals surface area (Å²) in [5.41, 5.74) is 2.09. The summed E-state index contributed by atoms with van der Waals surface area (Å²) < 4.78 is 16.1. The second-order valence-electron chi connectivity index (χ2n) is 5.51. The van der Waals surface area contributed by atoms with Crippen LogP contribution in [0, 0.1) is 0 Å². The first-order chi connectivity index (χ1) is 12.3. The maximum absolute atomic E-state index is 5.69. The molecule has 6 nitrogen and oxygen atoms in total. The van der Waals surface area contributed by atoms with Crippen molar-refractivity contribution in [2.24, 2.45) is 0 Å². The van der Waals surface area contributed by atoms with E-state index in [0.717, 1.165) is 30.0 Å². The second-order valence-corrected chi connectivity index (χ2v) is 5.51. The number of benzene rings is 2. The third-order valence-electron chi connectivity index (χ3n) is 3.81. The number of ether oxygens (including phenoxy) is 2. The molecule has 0 spiro atoms. The first kappa shape index (κ1) is 17.0. The Morgan fingerprint density at radius 2 is 1.76 bits per heavy atom. The lowest BCUT2D eigenvalue weighted by Crippen LogP contribution is -2.16. The van der Waals surface area contributed by atoms with Gasteiger partial charge in [-0.15, -0.1) is 10.2 Å². The average Bonchev–Trinajstić information content (AvgIpc) is 3.15. The molecule has 0 atom stereocenters. The molecule has 3 aromatic rings. The molecule has 0 saturated carbocycles. The van der Waals surface area contributed by atoms with Crippen LogP contribution in [-0.2, 0) is 13.0 Å². The minimum atomic E-state index is 0.492. The van der Waals surface area contributed by atoms with E-state index in [1.807, 2.05) is 36.4 Å². The largest absolute Gasteiger partial charge is 0.497 e. The van der Waals surface area contributed by atoms with Crippen molar-refractivity contribution in [3.63, 3.8) is 0 Å². The highest BCUT2D eigenvalue weighted by molar-refractivity contribution is 5.55. The Kier molecular flexibility index (Phi) is 5.64. The molecule has 0 unspecified atom stereocenters. The lowest BCUT2D eigenvalue weighted by molar-refractivity contribution is 0.414. The van der Waals surface area contributed by atoms with Gasteiger partial charge >= 0.3 is 0 Å². The lowest BCUT2D eigenvalue weighted by atomic mass is 10.1. The molecule has 2 aromatic carbocycles. The number of aromatic nitrogens is 2. The van der Waals surface area contributed by atoms with Gasteiger partial charge in [0.15, 0.2) is 0 Å². The van der Waals surface area contributed by atoms with Crippen molar-refractivity contribution in [1.82, 2.24) is 15.5 Å². The first-order valence-corrected chi connectivity index (χ1v) is 8.09. The Morgan fingerprint density at radius 3 is 2.52 bits per heavy atom. The molecule has 1 heterocycles. The molecule has 0 aliphatic carbocycles. The van der Waals surface area contributed by atoms with Gasteiger partial charge in [0.1, 0.15) is 11.5 Å². The highest BCUT2D eigenvalue weighted by atomic mass is 16.5. The van der Waals surface area contributed by atoms with Crippen molar-refractivity contribution < 1.29 is 13.9 Å². The Bertz CT molecular complexity index is 800. The molecule has 0 aliphatic rings. The van der Waals surface area contributed by atoms with E-state index in [1.54, 1.807) is 14.2 Å². The van der Waals surface area contributed by atoms with Gasteiger partial charge in [0.2, 0.25) is 11.8 Å². The van der Waals surface area contributed by atoms with Crippen LogP contribution in [0.1, 0.15) is 11.5 Å². The van der Waals surface area contributed by atoms with Gasteiger partial charge < -0.3 is 19.2 Å². The first-order valence-electron chi connectivity index (χ1n) is 8.09. The smallest absolute Gasteiger partial charge is 0.247 e. The minimum Gasteiger partial charge on any atom is -0.497 e. The SMILES string of the molecule is COc1ccc(CCNCc2nnc(-c3cccc(OC)c3)o2)cc1. The zero-order chi connectivity index (χ0) is 17.5. The van der Waals surface area contributed by atoms with Gasteiger partial charge in [-0.2, -0.15) is 0 Å². The van der Waals surface area contributed by atoms with Crippen molar-refractivity contribution in [3.8, 4) is 23.0 Å². The van der Waals surface area contributed by atoms with Crippen molar-refractivity contribution in [3.05, 3.63) is 60.0 Å². The molecule has 0 radical (unpaired) electrons. The van der Waals surface area contributed by atoms with E-state index >= 15 is 0 Å². The fraction of sp³-hybridized carbons (Fsp3) is 0.263. The van der Waals surface area contributed by atoms with Crippen molar-refractivity contribution in [2.75, 3.05) is 20.8 Å². The van der Waals surface area contributed by atoms with Crippen LogP contribution in [0.25, 0.3) is 11.5 Å². The van der Waals surface area contributed by atoms with Crippen LogP contribution in [-0.4, -0.2) is 31.0 Å². The predicted molar refractivity (Wildman–Crippen MR) is 94.7 cm³/mol. The number of rotatable bonds is 8. The van der Waals surface area contributed by atoms with E-state index in [1.165, 1.54) is 5.56 Å². The molecule has 130 valence electrons. The molecule has 1 aromatic heterocycles. The van der Waals surface area contributed by atoms with Crippen molar-refractivity contribution in [2.45, 2.75) is 13.0 Å². The van der Waals surface area contributed by atoms with E-state index in [-0.39, 0.29) is 0 Å². The van der Waals surface area contributed by atoms with Gasteiger partial charge in [-0.3, -0.25) is 0 Å². The summed E-state index contributed by atoms with van der Waals surface area (Å²) in [6.45, 7) is 1.36. The summed E-state index contributed by atoms with van der Waals surface area (Å²) in [7, 11) is 3.30. The van der Waals surface area contributed by atoms with Gasteiger partial charge in [0, 0.05) is 5.56 Å². The molecule has 0 bridgehead atoms. The number of nitrogens with one attached hydrogen (secondary N) is 1. The third kappa shape index (κ3) is 4.58. The highest BCUT2D eigenvalue weighted by Gasteiger charge is 2.09. The zero-order valence-electron chi connectivity index (χ0n) is 14.4. The normalized spacial score (nSPS) is 10.6. The van der Waals surface area contributed by atoms with Gasteiger partial charge in [-0.25, -0.2) is 0 Å². The monoisotopic (exact) mass is 339 g/mol. The molecule has 0 amide bonds. The van der Waals surface area contributed by atoms with Crippen LogP contribution in [0.2, 0.25) is 0 Å². The summed E-state index contributed by atoms with van der Waals surface area (Å²) in [5.74, 6) is 2.68. The molecule has 0 fully saturated rings. The minimum absolute atomic E-state index is 0.492. The number of nitrogens with zero attached hydrogens (tertiary/aromatic N) is 2. The summed E-state index contributed by atoms with van der Waals surface area (Å²) >= 11 is 0. The van der Waals surface area contributed by atoms with Crippen LogP contribution >= 0.6 is 0 Å². The van der Waals surface area contributed by atoms with Crippen LogP contribution in [0.5, 0.6) is 11.5 Å². The Balaban J connectivity index is 1.49. The van der Waals surface area contributed by atoms with Gasteiger partial charge in [0.25, 0.3) is 0 Å². The highest BCUT2D eigenvalue weighted by Crippen LogP contribution is 2.22. The quantitative estimate of drug-likeness (QED) is 0.636. The number of hydrogen-bond donors (Lipinski definition) is 1. The predicted octanol–water partition coefficient (Wildman–Crippen LogP) is 3.09. The molecule has 25 heavy (non-hydrogen) atoms. The Hall–Kier alpha value is -2.86. The summed E-state index contributed by atoms with van der Waals surface area (Å²) in [6, 6.07) is 15.6. The van der Waals surface area contributed by atoms with Crippen LogP contribution < -0.4 is 14.8 Å². The lowest BCUT2D eigenvalue weighted by Gasteiger charge is -2.04. The molecular formula is C19H21N3O3. The van der Waals surface area contributed by atoms with Gasteiger partial charge in [-0.1, -0.05) is 18.2 Å². The van der Waals surface area contributed by atoms with Crippen LogP contribution in [0.4, 0.5) is 0 Å². The summed E-state index contributed by atoms with van der Waals surface area (Å²) in [6.07, 6.45) is 0.918. The number of hydrogen-bond acceptors (Lipinski definition) is 6. The topological polar surface area (TPSA) is 69.4 Å². The fourth-order valence-electron chi connectivity index (χ4n) is 2.42. The molecule has 6 heteroatoms. The van der Waals surface area contributed by atoms with E-state index in [9.17, 15) is 0 Å². The third-order valence-corrected chi connectivity index (χ3v) is 3.81. The molecular weight excluding hydrogens is 318 g/mol. The van der Waals surface area contributed by atoms with E-state index < -0.39 is 0 Å². The summed E-state index contributed by atoms with van der Waals surface area (Å²) in [5, 5.41) is 11.5. The van der Waals surface area contributed by atoms with Crippen LogP contribution in [0.15, 0.2) is 52.9 Å². The molecule has 0 saturated heterocycles. The van der Waals surface area contributed by atoms with Crippen molar-refractivity contribution >= 4 is 0 Å². The standard InChI is InChI=1S/C19H21N3O3/c1-23-16-8-6-14(7-9-16)10-11-20-13-18-21-22-19(25-18)15-4-3-5-17(12-15)24-2/h3-9,12,20H,10-11,13H2,1-2H3. The fourth-order valence-corrected chi connectivity index (χ4v) is 2.42. The maximum atomic E-state index is 5.69. The molecule has 1 N–H and O–H groups in total. The molecule has 3 rings (SSSR count). The van der Waals surface area contributed by atoms with Gasteiger partial charge in [-0.05, 0) is 48.9 Å².